The van der Waals surface area contributed by atoms with Crippen LogP contribution in [0.5, 0.6) is 0 Å². The van der Waals surface area contributed by atoms with Gasteiger partial charge in [0.2, 0.25) is 0 Å². The molecule has 184 valence electrons. The summed E-state index contributed by atoms with van der Waals surface area (Å²) in [5.74, 6) is -0.575. The summed E-state index contributed by atoms with van der Waals surface area (Å²) in [7, 11) is 0. The number of ether oxygens (including phenoxy) is 2. The molecule has 0 N–H and O–H groups in total. The molecule has 6 heteroatoms. The Morgan fingerprint density at radius 1 is 1.03 bits per heavy atom. The van der Waals surface area contributed by atoms with E-state index < -0.39 is 17.0 Å². The monoisotopic (exact) mass is 458 g/mol. The van der Waals surface area contributed by atoms with Gasteiger partial charge in [0.15, 0.2) is 5.78 Å². The van der Waals surface area contributed by atoms with E-state index in [9.17, 15) is 9.59 Å². The number of esters is 1. The van der Waals surface area contributed by atoms with Crippen molar-refractivity contribution in [2.24, 2.45) is 0 Å². The fraction of sp³-hybridized carbons (Fsp3) is 0.704. The van der Waals surface area contributed by atoms with Gasteiger partial charge < -0.3 is 14.4 Å². The van der Waals surface area contributed by atoms with Gasteiger partial charge in [-0.15, -0.1) is 0 Å². The molecule has 1 aromatic carbocycles. The molecule has 1 aromatic rings. The molecule has 0 amide bonds. The molecule has 6 nitrogen and oxygen atoms in total. The Hall–Kier alpha value is -1.92. The topological polar surface area (TPSA) is 59.1 Å². The number of Topliss-reactive ketones (excluding diaryl/α,β-unsaturated/α-hetero) is 1. The molecule has 0 aliphatic carbocycles. The van der Waals surface area contributed by atoms with Crippen LogP contribution in [0.2, 0.25) is 0 Å². The quantitative estimate of drug-likeness (QED) is 0.452. The van der Waals surface area contributed by atoms with Gasteiger partial charge >= 0.3 is 5.97 Å². The van der Waals surface area contributed by atoms with Crippen LogP contribution < -0.4 is 4.90 Å². The zero-order chi connectivity index (χ0) is 24.2. The number of carbonyl (C=O) groups excluding carboxylic acids is 2. The maximum absolute atomic E-state index is 13.1. The Labute approximate surface area is 199 Å². The maximum atomic E-state index is 13.1. The van der Waals surface area contributed by atoms with E-state index in [2.05, 4.69) is 34.9 Å². The minimum Gasteiger partial charge on any atom is -0.460 e. The minimum atomic E-state index is -0.760. The summed E-state index contributed by atoms with van der Waals surface area (Å²) in [6.45, 7) is 17.2. The lowest BCUT2D eigenvalue weighted by Gasteiger charge is -2.41. The first-order valence-corrected chi connectivity index (χ1v) is 12.5. The van der Waals surface area contributed by atoms with Gasteiger partial charge in [0.1, 0.15) is 12.0 Å². The van der Waals surface area contributed by atoms with E-state index >= 15 is 0 Å². The molecule has 2 aliphatic heterocycles. The third-order valence-electron chi connectivity index (χ3n) is 6.98. The van der Waals surface area contributed by atoms with Crippen LogP contribution in [-0.2, 0) is 30.9 Å². The SMILES string of the molecule is CCc1ccc(C(C)(C)C(=O)CC(=O)OC(C)(C)C)cc1N1CCC(N2CCOCC2)CC1. The number of benzene rings is 1. The summed E-state index contributed by atoms with van der Waals surface area (Å²) in [4.78, 5) is 30.4. The molecule has 2 heterocycles. The summed E-state index contributed by atoms with van der Waals surface area (Å²) in [5.41, 5.74) is 2.14. The zero-order valence-corrected chi connectivity index (χ0v) is 21.4. The molecule has 0 unspecified atom stereocenters. The smallest absolute Gasteiger partial charge is 0.313 e. The molecule has 0 radical (unpaired) electrons. The summed E-state index contributed by atoms with van der Waals surface area (Å²) in [5, 5.41) is 0. The van der Waals surface area contributed by atoms with Gasteiger partial charge in [-0.3, -0.25) is 14.5 Å². The van der Waals surface area contributed by atoms with Crippen molar-refractivity contribution in [1.82, 2.24) is 4.90 Å². The van der Waals surface area contributed by atoms with Crippen molar-refractivity contribution >= 4 is 17.4 Å². The number of carbonyl (C=O) groups is 2. The summed E-state index contributed by atoms with van der Waals surface area (Å²) in [6.07, 6.45) is 3.04. The van der Waals surface area contributed by atoms with Gasteiger partial charge in [0.25, 0.3) is 0 Å². The Morgan fingerprint density at radius 3 is 2.24 bits per heavy atom. The lowest BCUT2D eigenvalue weighted by molar-refractivity contribution is -0.156. The van der Waals surface area contributed by atoms with Crippen molar-refractivity contribution < 1.29 is 19.1 Å². The first kappa shape index (κ1) is 25.7. The van der Waals surface area contributed by atoms with E-state index in [1.54, 1.807) is 0 Å². The van der Waals surface area contributed by atoms with Crippen molar-refractivity contribution in [2.75, 3.05) is 44.3 Å². The molecule has 3 rings (SSSR count). The average Bonchev–Trinajstić information content (AvgIpc) is 2.78. The summed E-state index contributed by atoms with van der Waals surface area (Å²) >= 11 is 0. The van der Waals surface area contributed by atoms with Crippen LogP contribution in [-0.4, -0.2) is 67.7 Å². The van der Waals surface area contributed by atoms with Gasteiger partial charge in [-0.05, 0) is 71.1 Å². The fourth-order valence-electron chi connectivity index (χ4n) is 4.85. The highest BCUT2D eigenvalue weighted by atomic mass is 16.6. The fourth-order valence-corrected chi connectivity index (χ4v) is 4.85. The third kappa shape index (κ3) is 6.57. The van der Waals surface area contributed by atoms with Gasteiger partial charge in [-0.2, -0.15) is 0 Å². The van der Waals surface area contributed by atoms with Crippen LogP contribution in [0.1, 0.15) is 71.9 Å². The van der Waals surface area contributed by atoms with Crippen LogP contribution in [0.15, 0.2) is 18.2 Å². The number of nitrogens with zero attached hydrogens (tertiary/aromatic N) is 2. The number of hydrogen-bond acceptors (Lipinski definition) is 6. The first-order valence-electron chi connectivity index (χ1n) is 12.5. The van der Waals surface area contributed by atoms with Crippen molar-refractivity contribution in [1.29, 1.82) is 0 Å². The van der Waals surface area contributed by atoms with E-state index in [0.717, 1.165) is 64.2 Å². The third-order valence-corrected chi connectivity index (χ3v) is 6.98. The molecule has 2 fully saturated rings. The van der Waals surface area contributed by atoms with Gasteiger partial charge in [0.05, 0.1) is 13.2 Å². The molecule has 0 spiro atoms. The highest BCUT2D eigenvalue weighted by Crippen LogP contribution is 2.33. The van der Waals surface area contributed by atoms with Crippen molar-refractivity contribution in [3.05, 3.63) is 29.3 Å². The lowest BCUT2D eigenvalue weighted by atomic mass is 9.78. The number of morpholine rings is 1. The second kappa shape index (κ2) is 10.6. The van der Waals surface area contributed by atoms with Crippen LogP contribution in [0, 0.1) is 0 Å². The predicted molar refractivity (Wildman–Crippen MR) is 132 cm³/mol. The van der Waals surface area contributed by atoms with Gasteiger partial charge in [0, 0.05) is 43.3 Å². The van der Waals surface area contributed by atoms with Crippen LogP contribution >= 0.6 is 0 Å². The van der Waals surface area contributed by atoms with E-state index in [1.165, 1.54) is 11.3 Å². The van der Waals surface area contributed by atoms with Crippen molar-refractivity contribution in [2.45, 2.75) is 84.3 Å². The molecule has 0 bridgehead atoms. The Morgan fingerprint density at radius 2 is 1.67 bits per heavy atom. The Kier molecular flexibility index (Phi) is 8.22. The number of anilines is 1. The van der Waals surface area contributed by atoms with E-state index in [4.69, 9.17) is 9.47 Å². The first-order chi connectivity index (χ1) is 15.5. The Balaban J connectivity index is 1.72. The lowest BCUT2D eigenvalue weighted by Crippen LogP contribution is -2.49. The largest absolute Gasteiger partial charge is 0.460 e. The maximum Gasteiger partial charge on any atom is 0.313 e. The van der Waals surface area contributed by atoms with Gasteiger partial charge in [-0.1, -0.05) is 19.1 Å². The normalized spacial score (nSPS) is 18.9. The summed E-state index contributed by atoms with van der Waals surface area (Å²) < 4.78 is 10.9. The van der Waals surface area contributed by atoms with E-state index in [-0.39, 0.29) is 12.2 Å². The Bertz CT molecular complexity index is 829. The molecule has 0 aromatic heterocycles. The average molecular weight is 459 g/mol. The molecule has 0 saturated carbocycles. The predicted octanol–water partition coefficient (Wildman–Crippen LogP) is 4.13. The number of aryl methyl sites for hydroxylation is 1. The second-order valence-corrected chi connectivity index (χ2v) is 10.9. The molecule has 2 aliphatic rings. The molecule has 0 atom stereocenters. The standard InChI is InChI=1S/C27H42N2O4/c1-7-20-8-9-21(27(5,6)24(30)19-25(31)33-26(2,3)4)18-23(20)29-12-10-22(11-13-29)28-14-16-32-17-15-28/h8-9,18,22H,7,10-17,19H2,1-6H3. The molecular formula is C27H42N2O4. The molecule has 2 saturated heterocycles. The minimum absolute atomic E-state index is 0.113. The number of piperidine rings is 1. The molecule has 33 heavy (non-hydrogen) atoms. The second-order valence-electron chi connectivity index (χ2n) is 10.9. The highest BCUT2D eigenvalue weighted by molar-refractivity contribution is 6.01. The molecular weight excluding hydrogens is 416 g/mol. The highest BCUT2D eigenvalue weighted by Gasteiger charge is 2.34. The van der Waals surface area contributed by atoms with Crippen LogP contribution in [0.3, 0.4) is 0 Å². The van der Waals surface area contributed by atoms with Crippen molar-refractivity contribution in [3.63, 3.8) is 0 Å². The number of hydrogen-bond donors (Lipinski definition) is 0. The van der Waals surface area contributed by atoms with E-state index in [0.29, 0.717) is 6.04 Å². The van der Waals surface area contributed by atoms with Crippen LogP contribution in [0.4, 0.5) is 5.69 Å². The number of rotatable bonds is 7. The zero-order valence-electron chi connectivity index (χ0n) is 21.4. The van der Waals surface area contributed by atoms with E-state index in [1.807, 2.05) is 34.6 Å². The number of ketones is 1. The summed E-state index contributed by atoms with van der Waals surface area (Å²) in [6, 6.07) is 7.02. The van der Waals surface area contributed by atoms with Gasteiger partial charge in [-0.25, -0.2) is 0 Å². The van der Waals surface area contributed by atoms with Crippen molar-refractivity contribution in [3.8, 4) is 0 Å². The van der Waals surface area contributed by atoms with Crippen LogP contribution in [0.25, 0.3) is 0 Å².